The Hall–Kier alpha value is -1.39. The van der Waals surface area contributed by atoms with E-state index in [4.69, 9.17) is 9.47 Å². The number of hydrogen-bond donors (Lipinski definition) is 0. The molecule has 1 rings (SSSR count). The van der Waals surface area contributed by atoms with E-state index in [0.717, 1.165) is 25.7 Å². The lowest BCUT2D eigenvalue weighted by atomic mass is 9.95. The molecule has 120 valence electrons. The van der Waals surface area contributed by atoms with Gasteiger partial charge in [-0.3, -0.25) is 4.79 Å². The third-order valence-corrected chi connectivity index (χ3v) is 3.50. The second-order valence-electron chi connectivity index (χ2n) is 5.64. The number of halogens is 1. The van der Waals surface area contributed by atoms with Crippen LogP contribution in [-0.4, -0.2) is 24.4 Å². The second kappa shape index (κ2) is 8.80. The molecule has 0 aromatic carbocycles. The summed E-state index contributed by atoms with van der Waals surface area (Å²) < 4.78 is 24.0. The highest BCUT2D eigenvalue weighted by molar-refractivity contribution is 5.86. The van der Waals surface area contributed by atoms with Crippen molar-refractivity contribution in [2.45, 2.75) is 70.6 Å². The molecule has 21 heavy (non-hydrogen) atoms. The Labute approximate surface area is 125 Å². The largest absolute Gasteiger partial charge is 0.462 e. The van der Waals surface area contributed by atoms with Gasteiger partial charge in [-0.2, -0.15) is 4.39 Å². The molecule has 1 fully saturated rings. The molecule has 0 heterocycles. The van der Waals surface area contributed by atoms with Crippen molar-refractivity contribution in [2.75, 3.05) is 6.61 Å². The van der Waals surface area contributed by atoms with Crippen LogP contribution in [0.4, 0.5) is 4.39 Å². The Bertz CT molecular complexity index is 372. The lowest BCUT2D eigenvalue weighted by Crippen LogP contribution is -2.32. The summed E-state index contributed by atoms with van der Waals surface area (Å²) in [5, 5.41) is 0. The number of rotatable bonds is 8. The van der Waals surface area contributed by atoms with Gasteiger partial charge in [-0.1, -0.05) is 13.0 Å². The van der Waals surface area contributed by atoms with Crippen molar-refractivity contribution in [3.05, 3.63) is 12.2 Å². The van der Waals surface area contributed by atoms with E-state index in [1.165, 1.54) is 0 Å². The molecule has 0 aromatic rings. The molecule has 0 saturated heterocycles. The Morgan fingerprint density at radius 1 is 1.14 bits per heavy atom. The van der Waals surface area contributed by atoms with E-state index in [0.29, 0.717) is 37.9 Å². The van der Waals surface area contributed by atoms with Crippen molar-refractivity contribution in [1.82, 2.24) is 0 Å². The maximum absolute atomic E-state index is 14.1. The molecule has 0 N–H and O–H groups in total. The molecule has 0 spiro atoms. The summed E-state index contributed by atoms with van der Waals surface area (Å²) in [6.45, 7) is 5.39. The second-order valence-corrected chi connectivity index (χ2v) is 5.64. The first-order chi connectivity index (χ1) is 9.93. The quantitative estimate of drug-likeness (QED) is 0.388. The maximum atomic E-state index is 14.1. The zero-order valence-corrected chi connectivity index (χ0v) is 12.8. The zero-order valence-electron chi connectivity index (χ0n) is 12.8. The Morgan fingerprint density at radius 2 is 1.81 bits per heavy atom. The van der Waals surface area contributed by atoms with Crippen LogP contribution in [0.25, 0.3) is 0 Å². The first-order valence-electron chi connectivity index (χ1n) is 7.66. The molecule has 1 aliphatic rings. The number of carbonyl (C=O) groups is 2. The van der Waals surface area contributed by atoms with Crippen molar-refractivity contribution in [1.29, 1.82) is 0 Å². The summed E-state index contributed by atoms with van der Waals surface area (Å²) in [6, 6.07) is 0. The van der Waals surface area contributed by atoms with E-state index < -0.39 is 17.8 Å². The molecular weight excluding hydrogens is 275 g/mol. The van der Waals surface area contributed by atoms with Gasteiger partial charge in [0.15, 0.2) is 0 Å². The SMILES string of the molecule is C=C(C)C(=O)OCCCCCC(=O)OC1(F)CCCCC1. The average molecular weight is 300 g/mol. The van der Waals surface area contributed by atoms with Crippen molar-refractivity contribution < 1.29 is 23.5 Å². The topological polar surface area (TPSA) is 52.6 Å². The van der Waals surface area contributed by atoms with Crippen LogP contribution in [0.2, 0.25) is 0 Å². The maximum Gasteiger partial charge on any atom is 0.333 e. The summed E-state index contributed by atoms with van der Waals surface area (Å²) in [4.78, 5) is 22.7. The number of ether oxygens (including phenoxy) is 2. The van der Waals surface area contributed by atoms with Gasteiger partial charge in [-0.15, -0.1) is 0 Å². The molecule has 0 bridgehead atoms. The van der Waals surface area contributed by atoms with Crippen LogP contribution in [-0.2, 0) is 19.1 Å². The highest BCUT2D eigenvalue weighted by atomic mass is 19.2. The summed E-state index contributed by atoms with van der Waals surface area (Å²) in [5.74, 6) is -2.61. The molecule has 1 saturated carbocycles. The smallest absolute Gasteiger partial charge is 0.333 e. The highest BCUT2D eigenvalue weighted by Gasteiger charge is 2.35. The lowest BCUT2D eigenvalue weighted by Gasteiger charge is -2.28. The van der Waals surface area contributed by atoms with Crippen molar-refractivity contribution in [3.63, 3.8) is 0 Å². The van der Waals surface area contributed by atoms with Crippen LogP contribution >= 0.6 is 0 Å². The number of hydrogen-bond acceptors (Lipinski definition) is 4. The average Bonchev–Trinajstić information content (AvgIpc) is 2.42. The molecule has 0 atom stereocenters. The van der Waals surface area contributed by atoms with Gasteiger partial charge in [0, 0.05) is 24.8 Å². The fourth-order valence-electron chi connectivity index (χ4n) is 2.27. The number of unbranched alkanes of at least 4 members (excludes halogenated alkanes) is 2. The van der Waals surface area contributed by atoms with Crippen LogP contribution in [0.15, 0.2) is 12.2 Å². The normalized spacial score (nSPS) is 17.0. The highest BCUT2D eigenvalue weighted by Crippen LogP contribution is 2.33. The molecular formula is C16H25FO4. The summed E-state index contributed by atoms with van der Waals surface area (Å²) in [5.41, 5.74) is 0.374. The van der Waals surface area contributed by atoms with Gasteiger partial charge in [-0.25, -0.2) is 4.79 Å². The van der Waals surface area contributed by atoms with E-state index in [1.807, 2.05) is 0 Å². The third-order valence-electron chi connectivity index (χ3n) is 3.50. The molecule has 0 unspecified atom stereocenters. The van der Waals surface area contributed by atoms with Crippen LogP contribution in [0.5, 0.6) is 0 Å². The van der Waals surface area contributed by atoms with Gasteiger partial charge in [0.1, 0.15) is 0 Å². The first-order valence-corrected chi connectivity index (χ1v) is 7.66. The molecule has 0 aliphatic heterocycles. The van der Waals surface area contributed by atoms with Gasteiger partial charge in [-0.05, 0) is 39.0 Å². The van der Waals surface area contributed by atoms with E-state index in [1.54, 1.807) is 6.92 Å². The summed E-state index contributed by atoms with van der Waals surface area (Å²) in [6.07, 6.45) is 5.41. The van der Waals surface area contributed by atoms with Gasteiger partial charge in [0.25, 0.3) is 5.85 Å². The fourth-order valence-corrected chi connectivity index (χ4v) is 2.27. The standard InChI is InChI=1S/C16H25FO4/c1-13(2)15(19)20-12-8-3-5-9-14(18)21-16(17)10-6-4-7-11-16/h1,3-12H2,2H3. The van der Waals surface area contributed by atoms with Crippen molar-refractivity contribution >= 4 is 11.9 Å². The molecule has 1 aliphatic carbocycles. The van der Waals surface area contributed by atoms with E-state index in [2.05, 4.69) is 6.58 Å². The lowest BCUT2D eigenvalue weighted by molar-refractivity contribution is -0.190. The van der Waals surface area contributed by atoms with E-state index in [-0.39, 0.29) is 6.42 Å². The van der Waals surface area contributed by atoms with Gasteiger partial charge in [0.2, 0.25) is 0 Å². The van der Waals surface area contributed by atoms with Crippen molar-refractivity contribution in [3.8, 4) is 0 Å². The first kappa shape index (κ1) is 17.7. The van der Waals surface area contributed by atoms with Crippen LogP contribution in [0.1, 0.15) is 64.7 Å². The minimum Gasteiger partial charge on any atom is -0.462 e. The van der Waals surface area contributed by atoms with E-state index >= 15 is 0 Å². The molecule has 4 nitrogen and oxygen atoms in total. The van der Waals surface area contributed by atoms with E-state index in [9.17, 15) is 14.0 Å². The number of esters is 2. The zero-order chi connectivity index (χ0) is 15.7. The molecule has 0 radical (unpaired) electrons. The predicted octanol–water partition coefficient (Wildman–Crippen LogP) is 3.84. The molecule has 0 aromatic heterocycles. The summed E-state index contributed by atoms with van der Waals surface area (Å²) in [7, 11) is 0. The van der Waals surface area contributed by atoms with Gasteiger partial charge in [0.05, 0.1) is 6.61 Å². The Balaban J connectivity index is 2.05. The Morgan fingerprint density at radius 3 is 2.43 bits per heavy atom. The minimum absolute atomic E-state index is 0.208. The monoisotopic (exact) mass is 300 g/mol. The number of carbonyl (C=O) groups excluding carboxylic acids is 2. The minimum atomic E-state index is -1.74. The van der Waals surface area contributed by atoms with Crippen LogP contribution in [0, 0.1) is 0 Å². The molecule has 5 heteroatoms. The van der Waals surface area contributed by atoms with Crippen molar-refractivity contribution in [2.24, 2.45) is 0 Å². The number of alkyl halides is 1. The predicted molar refractivity (Wildman–Crippen MR) is 77.3 cm³/mol. The fraction of sp³-hybridized carbons (Fsp3) is 0.750. The third kappa shape index (κ3) is 7.25. The Kier molecular flexibility index (Phi) is 7.40. The summed E-state index contributed by atoms with van der Waals surface area (Å²) >= 11 is 0. The van der Waals surface area contributed by atoms with Gasteiger partial charge >= 0.3 is 11.9 Å². The van der Waals surface area contributed by atoms with Gasteiger partial charge < -0.3 is 9.47 Å². The van der Waals surface area contributed by atoms with Crippen LogP contribution in [0.3, 0.4) is 0 Å². The van der Waals surface area contributed by atoms with Crippen LogP contribution < -0.4 is 0 Å². The molecule has 0 amide bonds.